The van der Waals surface area contributed by atoms with Gasteiger partial charge in [-0.25, -0.2) is 4.79 Å². The largest absolute Gasteiger partial charge is 0.507 e. The molecule has 4 aromatic carbocycles. The summed E-state index contributed by atoms with van der Waals surface area (Å²) in [6, 6.07) is 27.0. The number of aliphatic hydroxyl groups is 1. The lowest BCUT2D eigenvalue weighted by Crippen LogP contribution is -2.29. The van der Waals surface area contributed by atoms with Crippen molar-refractivity contribution in [2.75, 3.05) is 19.1 Å². The van der Waals surface area contributed by atoms with Crippen LogP contribution in [0.5, 0.6) is 11.5 Å². The highest BCUT2D eigenvalue weighted by molar-refractivity contribution is 6.51. The lowest BCUT2D eigenvalue weighted by molar-refractivity contribution is -0.132. The Balaban J connectivity index is 1.58. The van der Waals surface area contributed by atoms with Crippen molar-refractivity contribution in [2.24, 2.45) is 0 Å². The van der Waals surface area contributed by atoms with Gasteiger partial charge in [-0.2, -0.15) is 0 Å². The van der Waals surface area contributed by atoms with Crippen molar-refractivity contribution in [3.8, 4) is 11.5 Å². The molecule has 0 bridgehead atoms. The minimum absolute atomic E-state index is 0.0844. The predicted octanol–water partition coefficient (Wildman–Crippen LogP) is 6.00. The third-order valence-electron chi connectivity index (χ3n) is 7.13. The first-order valence-electron chi connectivity index (χ1n) is 13.2. The molecule has 0 aromatic heterocycles. The SMILES string of the molecule is COC(=O)c1ccc(N2C(=O)C(=O)/C(=C(/O)c3ccc(OCc4ccccc4)c(C)c3)C2c2ccccc2OC)cc1. The van der Waals surface area contributed by atoms with Crippen LogP contribution in [-0.4, -0.2) is 37.0 Å². The van der Waals surface area contributed by atoms with Crippen LogP contribution in [0.25, 0.3) is 5.76 Å². The number of ketones is 1. The lowest BCUT2D eigenvalue weighted by atomic mass is 9.94. The smallest absolute Gasteiger partial charge is 0.337 e. The number of Topliss-reactive ketones (excluding diaryl/α,β-unsaturated/α-hetero) is 1. The Kier molecular flexibility index (Phi) is 8.06. The molecule has 1 unspecified atom stereocenters. The summed E-state index contributed by atoms with van der Waals surface area (Å²) in [5.74, 6) is -1.46. The third-order valence-corrected chi connectivity index (χ3v) is 7.13. The maximum absolute atomic E-state index is 13.6. The van der Waals surface area contributed by atoms with Crippen LogP contribution < -0.4 is 14.4 Å². The van der Waals surface area contributed by atoms with Gasteiger partial charge < -0.3 is 19.3 Å². The van der Waals surface area contributed by atoms with Gasteiger partial charge in [-0.3, -0.25) is 14.5 Å². The highest BCUT2D eigenvalue weighted by atomic mass is 16.5. The molecule has 1 heterocycles. The minimum atomic E-state index is -1.00. The number of nitrogens with zero attached hydrogens (tertiary/aromatic N) is 1. The fourth-order valence-electron chi connectivity index (χ4n) is 5.01. The summed E-state index contributed by atoms with van der Waals surface area (Å²) in [7, 11) is 2.77. The maximum Gasteiger partial charge on any atom is 0.337 e. The van der Waals surface area contributed by atoms with Gasteiger partial charge in [0.25, 0.3) is 11.7 Å². The molecule has 1 N–H and O–H groups in total. The molecule has 1 fully saturated rings. The number of esters is 1. The van der Waals surface area contributed by atoms with E-state index in [2.05, 4.69) is 0 Å². The van der Waals surface area contributed by atoms with Crippen molar-refractivity contribution < 1.29 is 33.7 Å². The number of rotatable bonds is 8. The second-order valence-corrected chi connectivity index (χ2v) is 9.70. The molecular formula is C34H29NO7. The predicted molar refractivity (Wildman–Crippen MR) is 158 cm³/mol. The van der Waals surface area contributed by atoms with Crippen molar-refractivity contribution in [3.63, 3.8) is 0 Å². The third kappa shape index (κ3) is 5.34. The Bertz CT molecular complexity index is 1680. The van der Waals surface area contributed by atoms with Crippen LogP contribution in [0.1, 0.15) is 38.7 Å². The van der Waals surface area contributed by atoms with E-state index in [0.29, 0.717) is 34.9 Å². The molecule has 212 valence electrons. The summed E-state index contributed by atoms with van der Waals surface area (Å²) in [6.07, 6.45) is 0. The molecule has 0 spiro atoms. The summed E-state index contributed by atoms with van der Waals surface area (Å²) in [5.41, 5.74) is 3.20. The van der Waals surface area contributed by atoms with E-state index >= 15 is 0 Å². The summed E-state index contributed by atoms with van der Waals surface area (Å²) >= 11 is 0. The molecule has 8 nitrogen and oxygen atoms in total. The first kappa shape index (κ1) is 28.2. The number of anilines is 1. The summed E-state index contributed by atoms with van der Waals surface area (Å²) in [5, 5.41) is 11.6. The van der Waals surface area contributed by atoms with E-state index in [1.165, 1.54) is 31.3 Å². The van der Waals surface area contributed by atoms with Gasteiger partial charge >= 0.3 is 5.97 Å². The van der Waals surface area contributed by atoms with E-state index in [1.807, 2.05) is 37.3 Å². The van der Waals surface area contributed by atoms with Gasteiger partial charge in [-0.1, -0.05) is 48.5 Å². The second kappa shape index (κ2) is 12.0. The molecule has 0 saturated carbocycles. The van der Waals surface area contributed by atoms with Gasteiger partial charge in [0.05, 0.1) is 31.4 Å². The molecule has 8 heteroatoms. The molecule has 1 aliphatic heterocycles. The molecule has 1 amide bonds. The van der Waals surface area contributed by atoms with Crippen LogP contribution in [0, 0.1) is 6.92 Å². The van der Waals surface area contributed by atoms with Gasteiger partial charge in [0.15, 0.2) is 0 Å². The number of ether oxygens (including phenoxy) is 3. The number of amides is 1. The molecule has 1 saturated heterocycles. The van der Waals surface area contributed by atoms with Crippen LogP contribution in [-0.2, 0) is 20.9 Å². The Morgan fingerprint density at radius 3 is 2.17 bits per heavy atom. The first-order valence-corrected chi connectivity index (χ1v) is 13.2. The molecule has 1 aliphatic rings. The zero-order chi connectivity index (χ0) is 29.8. The van der Waals surface area contributed by atoms with E-state index in [-0.39, 0.29) is 16.9 Å². The number of aliphatic hydroxyl groups excluding tert-OH is 1. The fourth-order valence-corrected chi connectivity index (χ4v) is 5.01. The second-order valence-electron chi connectivity index (χ2n) is 9.70. The Morgan fingerprint density at radius 2 is 1.50 bits per heavy atom. The number of hydrogen-bond donors (Lipinski definition) is 1. The Hall–Kier alpha value is -5.37. The summed E-state index contributed by atoms with van der Waals surface area (Å²) < 4.78 is 16.3. The molecule has 1 atom stereocenters. The molecule has 0 aliphatic carbocycles. The molecule has 5 rings (SSSR count). The number of methoxy groups -OCH3 is 2. The Morgan fingerprint density at radius 1 is 0.833 bits per heavy atom. The van der Waals surface area contributed by atoms with Crippen LogP contribution in [0.4, 0.5) is 5.69 Å². The summed E-state index contributed by atoms with van der Waals surface area (Å²) in [6.45, 7) is 2.22. The van der Waals surface area contributed by atoms with Crippen molar-refractivity contribution in [1.82, 2.24) is 0 Å². The molecule has 42 heavy (non-hydrogen) atoms. The number of hydrogen-bond acceptors (Lipinski definition) is 7. The highest BCUT2D eigenvalue weighted by Crippen LogP contribution is 2.45. The van der Waals surface area contributed by atoms with Gasteiger partial charge in [-0.05, 0) is 66.6 Å². The maximum atomic E-state index is 13.6. The highest BCUT2D eigenvalue weighted by Gasteiger charge is 2.48. The average molecular weight is 564 g/mol. The van der Waals surface area contributed by atoms with Crippen LogP contribution in [0.2, 0.25) is 0 Å². The standard InChI is InChI=1S/C34H29NO7/c1-21-19-24(15-18-27(21)42-20-22-9-5-4-6-10-22)31(36)29-30(26-11-7-8-12-28(26)40-2)35(33(38)32(29)37)25-16-13-23(14-17-25)34(39)41-3/h4-19,30,36H,20H2,1-3H3/b31-29+. The van der Waals surface area contributed by atoms with E-state index in [1.54, 1.807) is 54.6 Å². The van der Waals surface area contributed by atoms with E-state index in [9.17, 15) is 19.5 Å². The molecule has 4 aromatic rings. The normalized spacial score (nSPS) is 15.9. The number of para-hydroxylation sites is 1. The number of benzene rings is 4. The molecular weight excluding hydrogens is 534 g/mol. The van der Waals surface area contributed by atoms with Gasteiger partial charge in [-0.15, -0.1) is 0 Å². The number of carbonyl (C=O) groups excluding carboxylic acids is 3. The first-order chi connectivity index (χ1) is 20.3. The van der Waals surface area contributed by atoms with E-state index in [0.717, 1.165) is 11.1 Å². The van der Waals surface area contributed by atoms with Crippen molar-refractivity contribution in [1.29, 1.82) is 0 Å². The van der Waals surface area contributed by atoms with Crippen LogP contribution in [0.3, 0.4) is 0 Å². The monoisotopic (exact) mass is 563 g/mol. The number of carbonyl (C=O) groups is 3. The fraction of sp³-hybridized carbons (Fsp3) is 0.147. The minimum Gasteiger partial charge on any atom is -0.507 e. The zero-order valence-electron chi connectivity index (χ0n) is 23.4. The van der Waals surface area contributed by atoms with Crippen molar-refractivity contribution in [3.05, 3.63) is 130 Å². The quantitative estimate of drug-likeness (QED) is 0.121. The van der Waals surface area contributed by atoms with Gasteiger partial charge in [0.2, 0.25) is 0 Å². The van der Waals surface area contributed by atoms with Gasteiger partial charge in [0, 0.05) is 16.8 Å². The van der Waals surface area contributed by atoms with E-state index in [4.69, 9.17) is 14.2 Å². The summed E-state index contributed by atoms with van der Waals surface area (Å²) in [4.78, 5) is 40.4. The van der Waals surface area contributed by atoms with Crippen LogP contribution in [0.15, 0.2) is 103 Å². The zero-order valence-corrected chi connectivity index (χ0v) is 23.4. The average Bonchev–Trinajstić information content (AvgIpc) is 3.29. The van der Waals surface area contributed by atoms with Gasteiger partial charge in [0.1, 0.15) is 23.9 Å². The van der Waals surface area contributed by atoms with E-state index < -0.39 is 23.7 Å². The molecule has 0 radical (unpaired) electrons. The lowest BCUT2D eigenvalue weighted by Gasteiger charge is -2.26. The topological polar surface area (TPSA) is 102 Å². The van der Waals surface area contributed by atoms with Crippen molar-refractivity contribution >= 4 is 29.1 Å². The Labute approximate surface area is 243 Å². The number of aryl methyl sites for hydroxylation is 1. The van der Waals surface area contributed by atoms with Crippen molar-refractivity contribution in [2.45, 2.75) is 19.6 Å². The van der Waals surface area contributed by atoms with Crippen LogP contribution >= 0.6 is 0 Å².